The van der Waals surface area contributed by atoms with Gasteiger partial charge in [-0.25, -0.2) is 4.79 Å². The summed E-state index contributed by atoms with van der Waals surface area (Å²) in [5.41, 5.74) is 0.487. The molecule has 0 aliphatic rings. The van der Waals surface area contributed by atoms with E-state index >= 15 is 0 Å². The van der Waals surface area contributed by atoms with E-state index in [9.17, 15) is 14.7 Å². The molecule has 0 aliphatic carbocycles. The average molecular weight is 390 g/mol. The Morgan fingerprint density at radius 1 is 0.750 bits per heavy atom. The van der Waals surface area contributed by atoms with Crippen LogP contribution in [0.5, 0.6) is 28.7 Å². The fourth-order valence-corrected chi connectivity index (χ4v) is 2.91. The smallest absolute Gasteiger partial charge is 0.342 e. The number of carbonyl (C=O) groups excluding carboxylic acids is 2. The first-order valence-corrected chi connectivity index (χ1v) is 8.18. The van der Waals surface area contributed by atoms with E-state index in [1.54, 1.807) is 12.1 Å². The van der Waals surface area contributed by atoms with Gasteiger partial charge in [0.25, 0.3) is 0 Å². The third-order valence-corrected chi connectivity index (χ3v) is 4.14. The van der Waals surface area contributed by atoms with Crippen LogP contribution in [-0.2, 0) is 4.74 Å². The van der Waals surface area contributed by atoms with Gasteiger partial charge in [-0.15, -0.1) is 0 Å². The van der Waals surface area contributed by atoms with Gasteiger partial charge < -0.3 is 28.8 Å². The Labute approximate surface area is 162 Å². The quantitative estimate of drug-likeness (QED) is 0.569. The molecule has 0 spiro atoms. The zero-order valence-electron chi connectivity index (χ0n) is 16.5. The molecule has 0 aromatic heterocycles. The zero-order chi connectivity index (χ0) is 21.0. The first-order valence-electron chi connectivity index (χ1n) is 8.18. The average Bonchev–Trinajstić information content (AvgIpc) is 2.70. The maximum atomic E-state index is 13.5. The molecule has 150 valence electrons. The van der Waals surface area contributed by atoms with Crippen molar-refractivity contribution in [3.63, 3.8) is 0 Å². The molecular formula is C20H22O8. The molecule has 28 heavy (non-hydrogen) atoms. The molecular weight excluding hydrogens is 368 g/mol. The highest BCUT2D eigenvalue weighted by molar-refractivity contribution is 6.19. The maximum Gasteiger partial charge on any atom is 0.342 e. The van der Waals surface area contributed by atoms with Crippen molar-refractivity contribution in [1.29, 1.82) is 0 Å². The van der Waals surface area contributed by atoms with Crippen LogP contribution in [0.15, 0.2) is 18.2 Å². The molecule has 0 heterocycles. The van der Waals surface area contributed by atoms with Crippen molar-refractivity contribution >= 4 is 11.8 Å². The van der Waals surface area contributed by atoms with Crippen LogP contribution in [0.2, 0.25) is 0 Å². The third kappa shape index (κ3) is 3.53. The molecule has 0 saturated heterocycles. The molecule has 2 rings (SSSR count). The summed E-state index contributed by atoms with van der Waals surface area (Å²) >= 11 is 0. The minimum atomic E-state index is -0.876. The minimum absolute atomic E-state index is 0.0339. The van der Waals surface area contributed by atoms with Crippen molar-refractivity contribution in [2.24, 2.45) is 0 Å². The van der Waals surface area contributed by atoms with Crippen LogP contribution in [0, 0.1) is 6.92 Å². The predicted molar refractivity (Wildman–Crippen MR) is 100 cm³/mol. The highest BCUT2D eigenvalue weighted by Gasteiger charge is 2.33. The summed E-state index contributed by atoms with van der Waals surface area (Å²) in [6, 6.07) is 4.51. The molecule has 0 radical (unpaired) electrons. The number of phenols is 1. The summed E-state index contributed by atoms with van der Waals surface area (Å²) < 4.78 is 25.9. The van der Waals surface area contributed by atoms with Gasteiger partial charge in [-0.1, -0.05) is 0 Å². The number of aryl methyl sites for hydroxylation is 1. The largest absolute Gasteiger partial charge is 0.504 e. The SMILES string of the molecule is COC(=O)c1c(OC)c(O)cc(OC)c1C(=O)c1c(OC)cc(C)cc1OC. The molecule has 8 heteroatoms. The summed E-state index contributed by atoms with van der Waals surface area (Å²) in [7, 11) is 6.55. The maximum absolute atomic E-state index is 13.5. The standard InChI is InChI=1S/C20H22O8/c1-10-7-12(24-2)15(13(8-10)25-3)18(22)16-14(26-4)9-11(21)19(27-5)17(16)20(23)28-6/h7-9,21H,1-6H3. The number of aromatic hydroxyl groups is 1. The molecule has 0 aliphatic heterocycles. The second-order valence-electron chi connectivity index (χ2n) is 5.75. The molecule has 0 amide bonds. The van der Waals surface area contributed by atoms with Gasteiger partial charge in [-0.2, -0.15) is 0 Å². The Bertz CT molecular complexity index is 892. The van der Waals surface area contributed by atoms with Crippen molar-refractivity contribution in [1.82, 2.24) is 0 Å². The minimum Gasteiger partial charge on any atom is -0.504 e. The lowest BCUT2D eigenvalue weighted by molar-refractivity contribution is 0.0592. The Balaban J connectivity index is 2.92. The van der Waals surface area contributed by atoms with E-state index in [-0.39, 0.29) is 45.4 Å². The van der Waals surface area contributed by atoms with Crippen LogP contribution in [0.4, 0.5) is 0 Å². The summed E-state index contributed by atoms with van der Waals surface area (Å²) in [5, 5.41) is 10.2. The number of carbonyl (C=O) groups is 2. The first kappa shape index (κ1) is 20.9. The Hall–Kier alpha value is -3.42. The van der Waals surface area contributed by atoms with Gasteiger partial charge in [0.05, 0.1) is 41.1 Å². The van der Waals surface area contributed by atoms with Crippen molar-refractivity contribution in [3.8, 4) is 28.7 Å². The number of benzene rings is 2. The summed E-state index contributed by atoms with van der Waals surface area (Å²) in [6.07, 6.45) is 0. The number of ether oxygens (including phenoxy) is 5. The number of methoxy groups -OCH3 is 5. The number of hydrogen-bond acceptors (Lipinski definition) is 8. The first-order chi connectivity index (χ1) is 13.3. The monoisotopic (exact) mass is 390 g/mol. The van der Waals surface area contributed by atoms with E-state index in [1.807, 2.05) is 6.92 Å². The highest BCUT2D eigenvalue weighted by atomic mass is 16.5. The van der Waals surface area contributed by atoms with Crippen molar-refractivity contribution < 1.29 is 38.4 Å². The summed E-state index contributed by atoms with van der Waals surface area (Å²) in [4.78, 5) is 26.0. The second kappa shape index (κ2) is 8.51. The zero-order valence-corrected chi connectivity index (χ0v) is 16.5. The van der Waals surface area contributed by atoms with Gasteiger partial charge in [0.2, 0.25) is 5.78 Å². The van der Waals surface area contributed by atoms with E-state index in [4.69, 9.17) is 23.7 Å². The van der Waals surface area contributed by atoms with Crippen LogP contribution in [0.3, 0.4) is 0 Å². The number of ketones is 1. The van der Waals surface area contributed by atoms with Crippen molar-refractivity contribution in [2.75, 3.05) is 35.5 Å². The van der Waals surface area contributed by atoms with E-state index in [0.717, 1.165) is 12.7 Å². The highest BCUT2D eigenvalue weighted by Crippen LogP contribution is 2.42. The predicted octanol–water partition coefficient (Wildman–Crippen LogP) is 2.75. The molecule has 8 nitrogen and oxygen atoms in total. The molecule has 0 fully saturated rings. The van der Waals surface area contributed by atoms with E-state index in [2.05, 4.69) is 0 Å². The number of esters is 1. The number of rotatable bonds is 7. The van der Waals surface area contributed by atoms with Gasteiger partial charge >= 0.3 is 5.97 Å². The van der Waals surface area contributed by atoms with Crippen LogP contribution in [-0.4, -0.2) is 52.4 Å². The third-order valence-electron chi connectivity index (χ3n) is 4.14. The lowest BCUT2D eigenvalue weighted by Crippen LogP contribution is -2.16. The van der Waals surface area contributed by atoms with E-state index in [0.29, 0.717) is 0 Å². The molecule has 0 saturated carbocycles. The fourth-order valence-electron chi connectivity index (χ4n) is 2.91. The topological polar surface area (TPSA) is 101 Å². The van der Waals surface area contributed by atoms with Gasteiger partial charge in [0, 0.05) is 6.07 Å². The van der Waals surface area contributed by atoms with Gasteiger partial charge in [0.15, 0.2) is 11.5 Å². The van der Waals surface area contributed by atoms with Crippen LogP contribution in [0.25, 0.3) is 0 Å². The normalized spacial score (nSPS) is 10.2. The molecule has 0 atom stereocenters. The van der Waals surface area contributed by atoms with Crippen molar-refractivity contribution in [3.05, 3.63) is 40.5 Å². The van der Waals surface area contributed by atoms with Crippen LogP contribution < -0.4 is 18.9 Å². The molecule has 1 N–H and O–H groups in total. The Morgan fingerprint density at radius 3 is 1.68 bits per heavy atom. The summed E-state index contributed by atoms with van der Waals surface area (Å²) in [5.74, 6) is -1.60. The van der Waals surface area contributed by atoms with E-state index < -0.39 is 11.8 Å². The number of hydrogen-bond donors (Lipinski definition) is 1. The Kier molecular flexibility index (Phi) is 6.35. The molecule has 0 bridgehead atoms. The van der Waals surface area contributed by atoms with Gasteiger partial charge in [0.1, 0.15) is 28.4 Å². The molecule has 2 aromatic rings. The van der Waals surface area contributed by atoms with Crippen LogP contribution in [0.1, 0.15) is 31.8 Å². The Morgan fingerprint density at radius 2 is 1.25 bits per heavy atom. The second-order valence-corrected chi connectivity index (χ2v) is 5.75. The fraction of sp³-hybridized carbons (Fsp3) is 0.300. The van der Waals surface area contributed by atoms with Gasteiger partial charge in [-0.05, 0) is 24.6 Å². The summed E-state index contributed by atoms with van der Waals surface area (Å²) in [6.45, 7) is 1.82. The van der Waals surface area contributed by atoms with Crippen LogP contribution >= 0.6 is 0 Å². The lowest BCUT2D eigenvalue weighted by Gasteiger charge is -2.19. The molecule has 2 aromatic carbocycles. The lowest BCUT2D eigenvalue weighted by atomic mass is 9.94. The van der Waals surface area contributed by atoms with Gasteiger partial charge in [-0.3, -0.25) is 4.79 Å². The molecule has 0 unspecified atom stereocenters. The van der Waals surface area contributed by atoms with E-state index in [1.165, 1.54) is 34.5 Å². The van der Waals surface area contributed by atoms with Crippen molar-refractivity contribution in [2.45, 2.75) is 6.92 Å². The number of phenolic OH excluding ortho intramolecular Hbond substituents is 1.